The zero-order valence-electron chi connectivity index (χ0n) is 10.9. The van der Waals surface area contributed by atoms with E-state index in [0.29, 0.717) is 5.92 Å². The van der Waals surface area contributed by atoms with Crippen LogP contribution in [-0.4, -0.2) is 44.2 Å². The van der Waals surface area contributed by atoms with Crippen LogP contribution in [0.15, 0.2) is 24.3 Å². The number of nitrogens with one attached hydrogen (secondary N) is 1. The van der Waals surface area contributed by atoms with Crippen molar-refractivity contribution in [2.75, 3.05) is 39.3 Å². The number of benzene rings is 1. The van der Waals surface area contributed by atoms with Gasteiger partial charge in [-0.05, 0) is 37.6 Å². The Morgan fingerprint density at radius 2 is 2.17 bits per heavy atom. The van der Waals surface area contributed by atoms with Crippen LogP contribution in [0, 0.1) is 0 Å². The fourth-order valence-corrected chi connectivity index (χ4v) is 3.00. The highest BCUT2D eigenvalue weighted by Gasteiger charge is 2.23. The van der Waals surface area contributed by atoms with Crippen LogP contribution in [0.4, 0.5) is 0 Å². The number of rotatable bonds is 2. The molecule has 0 amide bonds. The molecule has 3 rings (SSSR count). The van der Waals surface area contributed by atoms with Crippen LogP contribution >= 0.6 is 0 Å². The number of hydrogen-bond donors (Lipinski definition) is 1. The van der Waals surface area contributed by atoms with Crippen LogP contribution in [0.3, 0.4) is 0 Å². The van der Waals surface area contributed by atoms with Gasteiger partial charge in [0, 0.05) is 25.6 Å². The average Bonchev–Trinajstić information content (AvgIpc) is 2.68. The maximum Gasteiger partial charge on any atom is 0.122 e. The van der Waals surface area contributed by atoms with Gasteiger partial charge < -0.3 is 15.0 Å². The molecule has 1 unspecified atom stereocenters. The van der Waals surface area contributed by atoms with E-state index in [1.807, 2.05) is 0 Å². The Labute approximate surface area is 109 Å². The summed E-state index contributed by atoms with van der Waals surface area (Å²) in [6.07, 6.45) is 2.42. The van der Waals surface area contributed by atoms with Gasteiger partial charge in [0.25, 0.3) is 0 Å². The summed E-state index contributed by atoms with van der Waals surface area (Å²) >= 11 is 0. The first-order chi connectivity index (χ1) is 8.93. The lowest BCUT2D eigenvalue weighted by atomic mass is 9.92. The van der Waals surface area contributed by atoms with Crippen molar-refractivity contribution in [1.29, 1.82) is 0 Å². The first kappa shape index (κ1) is 12.0. The molecule has 2 heterocycles. The lowest BCUT2D eigenvalue weighted by molar-refractivity contribution is 0.218. The van der Waals surface area contributed by atoms with Gasteiger partial charge in [-0.3, -0.25) is 0 Å². The van der Waals surface area contributed by atoms with Crippen LogP contribution < -0.4 is 10.1 Å². The van der Waals surface area contributed by atoms with E-state index in [4.69, 9.17) is 4.74 Å². The number of para-hydroxylation sites is 1. The predicted molar refractivity (Wildman–Crippen MR) is 73.2 cm³/mol. The second-order valence-electron chi connectivity index (χ2n) is 5.28. The first-order valence-corrected chi connectivity index (χ1v) is 7.08. The summed E-state index contributed by atoms with van der Waals surface area (Å²) in [5.74, 6) is 1.75. The number of fused-ring (bicyclic) bond motifs is 1. The van der Waals surface area contributed by atoms with E-state index in [0.717, 1.165) is 25.3 Å². The van der Waals surface area contributed by atoms with Crippen LogP contribution in [0.5, 0.6) is 5.75 Å². The zero-order chi connectivity index (χ0) is 12.2. The average molecular weight is 246 g/mol. The Bertz CT molecular complexity index is 386. The minimum Gasteiger partial charge on any atom is -0.493 e. The van der Waals surface area contributed by atoms with Gasteiger partial charge in [-0.15, -0.1) is 0 Å². The fourth-order valence-electron chi connectivity index (χ4n) is 3.00. The van der Waals surface area contributed by atoms with Crippen molar-refractivity contribution in [1.82, 2.24) is 10.2 Å². The molecule has 1 fully saturated rings. The fraction of sp³-hybridized carbons (Fsp3) is 0.600. The van der Waals surface area contributed by atoms with E-state index in [2.05, 4.69) is 34.5 Å². The standard InChI is InChI=1S/C15H22N2O/c1-2-5-15-14(4-1)13(6-11-18-15)12-17-9-3-7-16-8-10-17/h1-2,4-5,13,16H,3,6-12H2. The third kappa shape index (κ3) is 2.68. The molecule has 0 radical (unpaired) electrons. The number of ether oxygens (including phenoxy) is 1. The monoisotopic (exact) mass is 246 g/mol. The molecule has 1 aromatic rings. The topological polar surface area (TPSA) is 24.5 Å². The van der Waals surface area contributed by atoms with Crippen molar-refractivity contribution < 1.29 is 4.74 Å². The molecule has 18 heavy (non-hydrogen) atoms. The number of hydrogen-bond acceptors (Lipinski definition) is 3. The molecule has 0 aliphatic carbocycles. The second kappa shape index (κ2) is 5.72. The van der Waals surface area contributed by atoms with Crippen molar-refractivity contribution in [2.24, 2.45) is 0 Å². The summed E-state index contributed by atoms with van der Waals surface area (Å²) in [5.41, 5.74) is 1.40. The second-order valence-corrected chi connectivity index (χ2v) is 5.28. The van der Waals surface area contributed by atoms with Crippen molar-refractivity contribution in [3.05, 3.63) is 29.8 Å². The molecule has 1 saturated heterocycles. The highest BCUT2D eigenvalue weighted by Crippen LogP contribution is 2.33. The summed E-state index contributed by atoms with van der Waals surface area (Å²) < 4.78 is 5.74. The van der Waals surface area contributed by atoms with E-state index in [-0.39, 0.29) is 0 Å². The van der Waals surface area contributed by atoms with Gasteiger partial charge in [0.1, 0.15) is 5.75 Å². The summed E-state index contributed by atoms with van der Waals surface area (Å²) in [6.45, 7) is 6.76. The summed E-state index contributed by atoms with van der Waals surface area (Å²) in [7, 11) is 0. The lowest BCUT2D eigenvalue weighted by Crippen LogP contribution is -2.33. The lowest BCUT2D eigenvalue weighted by Gasteiger charge is -2.30. The van der Waals surface area contributed by atoms with Gasteiger partial charge in [0.15, 0.2) is 0 Å². The van der Waals surface area contributed by atoms with Crippen LogP contribution in [-0.2, 0) is 0 Å². The third-order valence-corrected chi connectivity index (χ3v) is 3.99. The van der Waals surface area contributed by atoms with Gasteiger partial charge >= 0.3 is 0 Å². The minimum absolute atomic E-state index is 0.646. The smallest absolute Gasteiger partial charge is 0.122 e. The minimum atomic E-state index is 0.646. The number of nitrogens with zero attached hydrogens (tertiary/aromatic N) is 1. The van der Waals surface area contributed by atoms with E-state index in [1.165, 1.54) is 38.2 Å². The highest BCUT2D eigenvalue weighted by molar-refractivity contribution is 5.37. The van der Waals surface area contributed by atoms with Crippen molar-refractivity contribution in [3.63, 3.8) is 0 Å². The molecule has 3 nitrogen and oxygen atoms in total. The quantitative estimate of drug-likeness (QED) is 0.862. The van der Waals surface area contributed by atoms with Crippen molar-refractivity contribution >= 4 is 0 Å². The Morgan fingerprint density at radius 3 is 3.17 bits per heavy atom. The molecule has 0 spiro atoms. The molecular weight excluding hydrogens is 224 g/mol. The normalized spacial score (nSPS) is 25.0. The molecule has 3 heteroatoms. The van der Waals surface area contributed by atoms with E-state index >= 15 is 0 Å². The molecule has 1 aromatic carbocycles. The van der Waals surface area contributed by atoms with Crippen LogP contribution in [0.1, 0.15) is 24.3 Å². The molecular formula is C15H22N2O. The molecule has 0 aromatic heterocycles. The van der Waals surface area contributed by atoms with Crippen LogP contribution in [0.2, 0.25) is 0 Å². The van der Waals surface area contributed by atoms with Gasteiger partial charge in [0.2, 0.25) is 0 Å². The molecule has 1 atom stereocenters. The van der Waals surface area contributed by atoms with E-state index < -0.39 is 0 Å². The first-order valence-electron chi connectivity index (χ1n) is 7.08. The van der Waals surface area contributed by atoms with Crippen molar-refractivity contribution in [2.45, 2.75) is 18.8 Å². The molecule has 98 valence electrons. The Kier molecular flexibility index (Phi) is 3.81. The van der Waals surface area contributed by atoms with E-state index in [1.54, 1.807) is 0 Å². The molecule has 0 saturated carbocycles. The van der Waals surface area contributed by atoms with E-state index in [9.17, 15) is 0 Å². The zero-order valence-corrected chi connectivity index (χ0v) is 10.9. The van der Waals surface area contributed by atoms with Gasteiger partial charge in [-0.1, -0.05) is 18.2 Å². The Hall–Kier alpha value is -1.06. The third-order valence-electron chi connectivity index (χ3n) is 3.99. The van der Waals surface area contributed by atoms with Crippen LogP contribution in [0.25, 0.3) is 0 Å². The molecule has 1 N–H and O–H groups in total. The van der Waals surface area contributed by atoms with Gasteiger partial charge in [0.05, 0.1) is 6.61 Å². The largest absolute Gasteiger partial charge is 0.493 e. The predicted octanol–water partition coefficient (Wildman–Crippen LogP) is 1.85. The maximum absolute atomic E-state index is 5.74. The summed E-state index contributed by atoms with van der Waals surface area (Å²) in [5, 5.41) is 3.47. The Balaban J connectivity index is 1.69. The highest BCUT2D eigenvalue weighted by atomic mass is 16.5. The molecule has 0 bridgehead atoms. The van der Waals surface area contributed by atoms with Gasteiger partial charge in [-0.25, -0.2) is 0 Å². The summed E-state index contributed by atoms with van der Waals surface area (Å²) in [4.78, 5) is 2.60. The summed E-state index contributed by atoms with van der Waals surface area (Å²) in [6, 6.07) is 8.53. The molecule has 2 aliphatic rings. The Morgan fingerprint density at radius 1 is 1.22 bits per heavy atom. The van der Waals surface area contributed by atoms with Gasteiger partial charge in [-0.2, -0.15) is 0 Å². The SMILES string of the molecule is c1ccc2c(c1)OCCC2CN1CCCNCC1. The maximum atomic E-state index is 5.74. The molecule has 2 aliphatic heterocycles. The van der Waals surface area contributed by atoms with Crippen molar-refractivity contribution in [3.8, 4) is 5.75 Å².